The SMILES string of the molecule is CCOc1cc(CNc2cccc(Cl)c2C)ccc1OCc1cccc(F)c1. The molecule has 0 saturated heterocycles. The first kappa shape index (κ1) is 20.0. The van der Waals surface area contributed by atoms with Gasteiger partial charge in [0.25, 0.3) is 0 Å². The van der Waals surface area contributed by atoms with E-state index in [4.69, 9.17) is 21.1 Å². The van der Waals surface area contributed by atoms with Gasteiger partial charge in [-0.25, -0.2) is 4.39 Å². The fourth-order valence-electron chi connectivity index (χ4n) is 2.83. The Balaban J connectivity index is 1.70. The van der Waals surface area contributed by atoms with E-state index in [0.717, 1.165) is 27.4 Å². The summed E-state index contributed by atoms with van der Waals surface area (Å²) in [5, 5.41) is 4.14. The number of hydrogen-bond acceptors (Lipinski definition) is 3. The van der Waals surface area contributed by atoms with Crippen molar-refractivity contribution in [2.45, 2.75) is 27.0 Å². The highest BCUT2D eigenvalue weighted by Gasteiger charge is 2.08. The number of hydrogen-bond donors (Lipinski definition) is 1. The Labute approximate surface area is 170 Å². The van der Waals surface area contributed by atoms with Crippen LogP contribution in [0.5, 0.6) is 11.5 Å². The summed E-state index contributed by atoms with van der Waals surface area (Å²) < 4.78 is 24.9. The minimum atomic E-state index is -0.274. The lowest BCUT2D eigenvalue weighted by atomic mass is 10.1. The van der Waals surface area contributed by atoms with E-state index in [1.807, 2.05) is 56.3 Å². The van der Waals surface area contributed by atoms with E-state index in [9.17, 15) is 4.39 Å². The van der Waals surface area contributed by atoms with E-state index < -0.39 is 0 Å². The Morgan fingerprint density at radius 2 is 1.75 bits per heavy atom. The summed E-state index contributed by atoms with van der Waals surface area (Å²) in [6.45, 7) is 5.35. The normalized spacial score (nSPS) is 10.6. The van der Waals surface area contributed by atoms with Crippen LogP contribution in [0.4, 0.5) is 10.1 Å². The van der Waals surface area contributed by atoms with E-state index >= 15 is 0 Å². The van der Waals surface area contributed by atoms with Gasteiger partial charge in [0.15, 0.2) is 11.5 Å². The van der Waals surface area contributed by atoms with Crippen LogP contribution in [-0.2, 0) is 13.2 Å². The van der Waals surface area contributed by atoms with Crippen molar-refractivity contribution < 1.29 is 13.9 Å². The summed E-state index contributed by atoms with van der Waals surface area (Å²) in [7, 11) is 0. The summed E-state index contributed by atoms with van der Waals surface area (Å²) in [5.74, 6) is 1.03. The van der Waals surface area contributed by atoms with Crippen molar-refractivity contribution >= 4 is 17.3 Å². The molecule has 146 valence electrons. The second-order valence-corrected chi connectivity index (χ2v) is 6.81. The fourth-order valence-corrected chi connectivity index (χ4v) is 3.01. The quantitative estimate of drug-likeness (QED) is 0.477. The van der Waals surface area contributed by atoms with Gasteiger partial charge in [0, 0.05) is 17.3 Å². The highest BCUT2D eigenvalue weighted by atomic mass is 35.5. The molecular formula is C23H23ClFNO2. The molecule has 3 aromatic carbocycles. The summed E-state index contributed by atoms with van der Waals surface area (Å²) in [6, 6.07) is 18.0. The molecule has 0 aliphatic rings. The molecule has 0 aliphatic heterocycles. The van der Waals surface area contributed by atoms with Crippen molar-refractivity contribution in [2.24, 2.45) is 0 Å². The highest BCUT2D eigenvalue weighted by molar-refractivity contribution is 6.31. The largest absolute Gasteiger partial charge is 0.490 e. The van der Waals surface area contributed by atoms with Crippen molar-refractivity contribution in [1.82, 2.24) is 0 Å². The van der Waals surface area contributed by atoms with Crippen molar-refractivity contribution in [1.29, 1.82) is 0 Å². The van der Waals surface area contributed by atoms with Gasteiger partial charge >= 0.3 is 0 Å². The van der Waals surface area contributed by atoms with Gasteiger partial charge in [-0.1, -0.05) is 35.9 Å². The molecule has 1 N–H and O–H groups in total. The Morgan fingerprint density at radius 3 is 2.54 bits per heavy atom. The van der Waals surface area contributed by atoms with Gasteiger partial charge in [-0.15, -0.1) is 0 Å². The summed E-state index contributed by atoms with van der Waals surface area (Å²) in [6.07, 6.45) is 0. The van der Waals surface area contributed by atoms with Crippen LogP contribution in [0.25, 0.3) is 0 Å². The zero-order chi connectivity index (χ0) is 19.9. The molecule has 0 spiro atoms. The molecule has 0 fully saturated rings. The van der Waals surface area contributed by atoms with Crippen molar-refractivity contribution in [3.63, 3.8) is 0 Å². The lowest BCUT2D eigenvalue weighted by Crippen LogP contribution is -2.04. The standard InChI is InChI=1S/C23H23ClFNO2/c1-3-27-23-13-17(14-26-21-9-5-8-20(24)16(21)2)10-11-22(23)28-15-18-6-4-7-19(25)12-18/h4-13,26H,3,14-15H2,1-2H3. The molecule has 28 heavy (non-hydrogen) atoms. The molecule has 0 saturated carbocycles. The van der Waals surface area contributed by atoms with Gasteiger partial charge in [-0.05, 0) is 66.9 Å². The number of anilines is 1. The van der Waals surface area contributed by atoms with Crippen molar-refractivity contribution in [3.8, 4) is 11.5 Å². The number of halogens is 2. The maximum absolute atomic E-state index is 13.3. The summed E-state index contributed by atoms with van der Waals surface area (Å²) >= 11 is 6.18. The predicted octanol–water partition coefficient (Wildman–Crippen LogP) is 6.38. The first-order valence-corrected chi connectivity index (χ1v) is 9.56. The number of nitrogens with one attached hydrogen (secondary N) is 1. The minimum Gasteiger partial charge on any atom is -0.490 e. The molecule has 0 bridgehead atoms. The Hall–Kier alpha value is -2.72. The molecule has 0 radical (unpaired) electrons. The zero-order valence-corrected chi connectivity index (χ0v) is 16.7. The zero-order valence-electron chi connectivity index (χ0n) is 16.0. The molecule has 3 aromatic rings. The smallest absolute Gasteiger partial charge is 0.161 e. The van der Waals surface area contributed by atoms with Crippen LogP contribution in [0.2, 0.25) is 5.02 Å². The van der Waals surface area contributed by atoms with Crippen LogP contribution in [0.3, 0.4) is 0 Å². The van der Waals surface area contributed by atoms with Crippen LogP contribution in [0, 0.1) is 12.7 Å². The number of ether oxygens (including phenoxy) is 2. The molecule has 0 aliphatic carbocycles. The molecule has 0 aromatic heterocycles. The molecule has 0 heterocycles. The van der Waals surface area contributed by atoms with E-state index in [0.29, 0.717) is 24.7 Å². The molecule has 3 rings (SSSR count). The summed E-state index contributed by atoms with van der Waals surface area (Å²) in [5.41, 5.74) is 3.84. The molecule has 0 amide bonds. The lowest BCUT2D eigenvalue weighted by molar-refractivity contribution is 0.269. The number of rotatable bonds is 8. The molecule has 0 unspecified atom stereocenters. The van der Waals surface area contributed by atoms with Gasteiger partial charge in [0.05, 0.1) is 6.61 Å². The minimum absolute atomic E-state index is 0.274. The maximum atomic E-state index is 13.3. The molecule has 3 nitrogen and oxygen atoms in total. The van der Waals surface area contributed by atoms with E-state index in [1.165, 1.54) is 12.1 Å². The van der Waals surface area contributed by atoms with Gasteiger partial charge in [-0.3, -0.25) is 0 Å². The van der Waals surface area contributed by atoms with Crippen molar-refractivity contribution in [2.75, 3.05) is 11.9 Å². The van der Waals surface area contributed by atoms with E-state index in [1.54, 1.807) is 6.07 Å². The second kappa shape index (κ2) is 9.47. The van der Waals surface area contributed by atoms with E-state index in [-0.39, 0.29) is 12.4 Å². The van der Waals surface area contributed by atoms with E-state index in [2.05, 4.69) is 5.32 Å². The molecule has 0 atom stereocenters. The average Bonchev–Trinajstić information content (AvgIpc) is 2.69. The van der Waals surface area contributed by atoms with Crippen LogP contribution in [-0.4, -0.2) is 6.61 Å². The van der Waals surface area contributed by atoms with Gasteiger partial charge in [0.2, 0.25) is 0 Å². The lowest BCUT2D eigenvalue weighted by Gasteiger charge is -2.15. The first-order valence-electron chi connectivity index (χ1n) is 9.18. The highest BCUT2D eigenvalue weighted by Crippen LogP contribution is 2.30. The first-order chi connectivity index (χ1) is 13.6. The Kier molecular flexibility index (Phi) is 6.77. The third-order valence-corrected chi connectivity index (χ3v) is 4.75. The average molecular weight is 400 g/mol. The van der Waals surface area contributed by atoms with Gasteiger partial charge < -0.3 is 14.8 Å². The van der Waals surface area contributed by atoms with Crippen LogP contribution >= 0.6 is 11.6 Å². The monoisotopic (exact) mass is 399 g/mol. The van der Waals surface area contributed by atoms with Crippen molar-refractivity contribution in [3.05, 3.63) is 88.2 Å². The third kappa shape index (κ3) is 5.17. The maximum Gasteiger partial charge on any atom is 0.161 e. The van der Waals surface area contributed by atoms with Crippen LogP contribution in [0.15, 0.2) is 60.7 Å². The summed E-state index contributed by atoms with van der Waals surface area (Å²) in [4.78, 5) is 0. The fraction of sp³-hybridized carbons (Fsp3) is 0.217. The van der Waals surface area contributed by atoms with Gasteiger partial charge in [0.1, 0.15) is 12.4 Å². The molecule has 5 heteroatoms. The molecular weight excluding hydrogens is 377 g/mol. The topological polar surface area (TPSA) is 30.5 Å². The van der Waals surface area contributed by atoms with Crippen LogP contribution in [0.1, 0.15) is 23.6 Å². The van der Waals surface area contributed by atoms with Crippen LogP contribution < -0.4 is 14.8 Å². The predicted molar refractivity (Wildman–Crippen MR) is 112 cm³/mol. The Bertz CT molecular complexity index is 946. The third-order valence-electron chi connectivity index (χ3n) is 4.34. The Morgan fingerprint density at radius 1 is 0.929 bits per heavy atom. The second-order valence-electron chi connectivity index (χ2n) is 6.40. The number of benzene rings is 3. The van der Waals surface area contributed by atoms with Gasteiger partial charge in [-0.2, -0.15) is 0 Å².